The molecule has 0 saturated carbocycles. The lowest BCUT2D eigenvalue weighted by Crippen LogP contribution is -2.14. The van der Waals surface area contributed by atoms with Crippen LogP contribution < -0.4 is 10.0 Å². The largest absolute Gasteiger partial charge is 0.312 e. The Morgan fingerprint density at radius 2 is 2.14 bits per heavy atom. The summed E-state index contributed by atoms with van der Waals surface area (Å²) in [6.07, 6.45) is 1.56. The fourth-order valence-corrected chi connectivity index (χ4v) is 4.45. The molecule has 0 spiro atoms. The van der Waals surface area contributed by atoms with E-state index in [1.165, 1.54) is 11.3 Å². The van der Waals surface area contributed by atoms with Gasteiger partial charge >= 0.3 is 0 Å². The van der Waals surface area contributed by atoms with Crippen molar-refractivity contribution >= 4 is 43.1 Å². The van der Waals surface area contributed by atoms with Gasteiger partial charge in [-0.05, 0) is 47.1 Å². The zero-order valence-electron chi connectivity index (χ0n) is 11.7. The second-order valence-electron chi connectivity index (χ2n) is 4.45. The van der Waals surface area contributed by atoms with Crippen LogP contribution in [-0.4, -0.2) is 19.9 Å². The highest BCUT2D eigenvalue weighted by molar-refractivity contribution is 9.10. The Hall–Kier alpha value is -0.960. The number of anilines is 1. The number of thiophene rings is 1. The van der Waals surface area contributed by atoms with Crippen LogP contribution in [0.4, 0.5) is 5.82 Å². The monoisotopic (exact) mass is 389 g/mol. The van der Waals surface area contributed by atoms with E-state index < -0.39 is 10.0 Å². The van der Waals surface area contributed by atoms with Crippen LogP contribution in [0.15, 0.2) is 33.1 Å². The molecule has 5 nitrogen and oxygen atoms in total. The predicted octanol–water partition coefficient (Wildman–Crippen LogP) is 3.12. The van der Waals surface area contributed by atoms with Gasteiger partial charge in [0.15, 0.2) is 0 Å². The molecule has 0 unspecified atom stereocenters. The number of hydrogen-bond acceptors (Lipinski definition) is 5. The van der Waals surface area contributed by atoms with Crippen LogP contribution in [-0.2, 0) is 16.6 Å². The van der Waals surface area contributed by atoms with Gasteiger partial charge < -0.3 is 5.32 Å². The third-order valence-corrected chi connectivity index (χ3v) is 5.60. The zero-order chi connectivity index (χ0) is 15.5. The van der Waals surface area contributed by atoms with Crippen LogP contribution in [0.3, 0.4) is 0 Å². The fraction of sp³-hybridized carbons (Fsp3) is 0.308. The molecule has 0 aromatic carbocycles. The van der Waals surface area contributed by atoms with Gasteiger partial charge in [0.1, 0.15) is 5.82 Å². The van der Waals surface area contributed by atoms with Gasteiger partial charge in [0.05, 0.1) is 4.90 Å². The highest BCUT2D eigenvalue weighted by Crippen LogP contribution is 2.23. The van der Waals surface area contributed by atoms with Gasteiger partial charge in [-0.25, -0.2) is 13.4 Å². The molecule has 0 aliphatic heterocycles. The Morgan fingerprint density at radius 3 is 2.81 bits per heavy atom. The van der Waals surface area contributed by atoms with Gasteiger partial charge in [-0.15, -0.1) is 11.3 Å². The number of halogens is 1. The van der Waals surface area contributed by atoms with Gasteiger partial charge in [-0.1, -0.05) is 6.92 Å². The maximum atomic E-state index is 12.3. The van der Waals surface area contributed by atoms with E-state index in [1.807, 2.05) is 13.0 Å². The van der Waals surface area contributed by atoms with Gasteiger partial charge in [-0.3, -0.25) is 4.72 Å². The minimum atomic E-state index is -3.60. The van der Waals surface area contributed by atoms with Crippen LogP contribution in [0.2, 0.25) is 0 Å². The molecule has 0 aliphatic rings. The summed E-state index contributed by atoms with van der Waals surface area (Å²) in [4.78, 5) is 5.35. The van der Waals surface area contributed by atoms with E-state index in [4.69, 9.17) is 0 Å². The SMILES string of the molecule is CCNCc1cc(S(=O)(=O)Nc2ncc(Br)cc2C)cs1. The van der Waals surface area contributed by atoms with Crippen molar-refractivity contribution in [1.29, 1.82) is 0 Å². The van der Waals surface area contributed by atoms with Crippen molar-refractivity contribution in [2.45, 2.75) is 25.3 Å². The first-order valence-corrected chi connectivity index (χ1v) is 9.51. The first kappa shape index (κ1) is 16.4. The molecule has 0 radical (unpaired) electrons. The van der Waals surface area contributed by atoms with E-state index in [-0.39, 0.29) is 4.90 Å². The number of sulfonamides is 1. The molecule has 0 saturated heterocycles. The number of aromatic nitrogens is 1. The summed E-state index contributed by atoms with van der Waals surface area (Å²) >= 11 is 4.73. The van der Waals surface area contributed by atoms with E-state index in [0.29, 0.717) is 12.4 Å². The number of pyridine rings is 1. The number of rotatable bonds is 6. The number of nitrogens with one attached hydrogen (secondary N) is 2. The summed E-state index contributed by atoms with van der Waals surface area (Å²) < 4.78 is 28.0. The highest BCUT2D eigenvalue weighted by Gasteiger charge is 2.18. The summed E-state index contributed by atoms with van der Waals surface area (Å²) in [6, 6.07) is 3.50. The van der Waals surface area contributed by atoms with Gasteiger partial charge in [0, 0.05) is 27.5 Å². The second kappa shape index (κ2) is 6.87. The highest BCUT2D eigenvalue weighted by atomic mass is 79.9. The average Bonchev–Trinajstić information content (AvgIpc) is 2.89. The molecule has 0 aliphatic carbocycles. The summed E-state index contributed by atoms with van der Waals surface area (Å²) in [6.45, 7) is 5.33. The topological polar surface area (TPSA) is 71.1 Å². The number of hydrogen-bond donors (Lipinski definition) is 2. The maximum Gasteiger partial charge on any atom is 0.263 e. The molecule has 2 rings (SSSR count). The van der Waals surface area contributed by atoms with Crippen LogP contribution >= 0.6 is 27.3 Å². The van der Waals surface area contributed by atoms with Crippen molar-refractivity contribution in [1.82, 2.24) is 10.3 Å². The molecule has 2 aromatic heterocycles. The molecular formula is C13H16BrN3O2S2. The quantitative estimate of drug-likeness (QED) is 0.795. The molecule has 114 valence electrons. The van der Waals surface area contributed by atoms with Gasteiger partial charge in [0.2, 0.25) is 0 Å². The van der Waals surface area contributed by atoms with Crippen LogP contribution in [0.1, 0.15) is 17.4 Å². The lowest BCUT2D eigenvalue weighted by Gasteiger charge is -2.08. The van der Waals surface area contributed by atoms with Crippen LogP contribution in [0, 0.1) is 6.92 Å². The van der Waals surface area contributed by atoms with E-state index in [0.717, 1.165) is 21.5 Å². The van der Waals surface area contributed by atoms with E-state index in [9.17, 15) is 8.42 Å². The van der Waals surface area contributed by atoms with Crippen LogP contribution in [0.25, 0.3) is 0 Å². The maximum absolute atomic E-state index is 12.3. The Bertz CT molecular complexity index is 729. The van der Waals surface area contributed by atoms with Crippen molar-refractivity contribution in [2.24, 2.45) is 0 Å². The molecule has 0 fully saturated rings. The fourth-order valence-electron chi connectivity index (χ4n) is 1.68. The van der Waals surface area contributed by atoms with Crippen molar-refractivity contribution in [3.05, 3.63) is 38.6 Å². The van der Waals surface area contributed by atoms with E-state index in [2.05, 4.69) is 31.0 Å². The smallest absolute Gasteiger partial charge is 0.263 e. The van der Waals surface area contributed by atoms with Crippen molar-refractivity contribution in [3.8, 4) is 0 Å². The molecule has 2 heterocycles. The van der Waals surface area contributed by atoms with Gasteiger partial charge in [-0.2, -0.15) is 0 Å². The lowest BCUT2D eigenvalue weighted by molar-refractivity contribution is 0.601. The summed E-state index contributed by atoms with van der Waals surface area (Å²) in [5.41, 5.74) is 0.760. The third kappa shape index (κ3) is 4.26. The molecule has 0 bridgehead atoms. The molecule has 2 aromatic rings. The molecule has 0 atom stereocenters. The molecule has 2 N–H and O–H groups in total. The predicted molar refractivity (Wildman–Crippen MR) is 89.2 cm³/mol. The second-order valence-corrected chi connectivity index (χ2v) is 8.05. The molecular weight excluding hydrogens is 374 g/mol. The number of nitrogens with zero attached hydrogens (tertiary/aromatic N) is 1. The average molecular weight is 390 g/mol. The Morgan fingerprint density at radius 1 is 1.38 bits per heavy atom. The standard InChI is InChI=1S/C13H16BrN3O2S2/c1-3-15-7-11-5-12(8-20-11)21(18,19)17-13-9(2)4-10(14)6-16-13/h4-6,8,15H,3,7H2,1-2H3,(H,16,17). The number of aryl methyl sites for hydroxylation is 1. The summed E-state index contributed by atoms with van der Waals surface area (Å²) in [5.74, 6) is 0.345. The summed E-state index contributed by atoms with van der Waals surface area (Å²) in [5, 5.41) is 4.81. The zero-order valence-corrected chi connectivity index (χ0v) is 14.9. The third-order valence-electron chi connectivity index (χ3n) is 2.77. The lowest BCUT2D eigenvalue weighted by atomic mass is 10.3. The first-order chi connectivity index (χ1) is 9.92. The van der Waals surface area contributed by atoms with E-state index >= 15 is 0 Å². The summed E-state index contributed by atoms with van der Waals surface area (Å²) in [7, 11) is -3.60. The van der Waals surface area contributed by atoms with Gasteiger partial charge in [0.25, 0.3) is 10.0 Å². The Kier molecular flexibility index (Phi) is 5.37. The molecule has 0 amide bonds. The first-order valence-electron chi connectivity index (χ1n) is 6.35. The molecule has 8 heteroatoms. The van der Waals surface area contributed by atoms with Crippen molar-refractivity contribution < 1.29 is 8.42 Å². The van der Waals surface area contributed by atoms with Crippen LogP contribution in [0.5, 0.6) is 0 Å². The minimum Gasteiger partial charge on any atom is -0.312 e. The normalized spacial score (nSPS) is 11.6. The van der Waals surface area contributed by atoms with Crippen molar-refractivity contribution in [2.75, 3.05) is 11.3 Å². The Balaban J connectivity index is 2.19. The van der Waals surface area contributed by atoms with E-state index in [1.54, 1.807) is 24.6 Å². The van der Waals surface area contributed by atoms with Crippen molar-refractivity contribution in [3.63, 3.8) is 0 Å². The minimum absolute atomic E-state index is 0.268. The molecule has 21 heavy (non-hydrogen) atoms. The Labute approximate surface area is 137 Å².